The Bertz CT molecular complexity index is 1250. The summed E-state index contributed by atoms with van der Waals surface area (Å²) in [5, 5.41) is 0.464. The molecule has 0 saturated carbocycles. The molecule has 1 aromatic heterocycles. The zero-order chi connectivity index (χ0) is 22.7. The van der Waals surface area contributed by atoms with Crippen molar-refractivity contribution in [3.8, 4) is 11.5 Å². The van der Waals surface area contributed by atoms with Crippen LogP contribution in [0.1, 0.15) is 45.8 Å². The van der Waals surface area contributed by atoms with E-state index in [-0.39, 0.29) is 16.7 Å². The smallest absolute Gasteiger partial charge is 0.338 e. The van der Waals surface area contributed by atoms with E-state index in [0.717, 1.165) is 31.5 Å². The third-order valence-corrected chi connectivity index (χ3v) is 5.60. The number of hydrogen-bond acceptors (Lipinski definition) is 7. The van der Waals surface area contributed by atoms with Gasteiger partial charge >= 0.3 is 5.97 Å². The minimum Gasteiger partial charge on any atom is -0.497 e. The van der Waals surface area contributed by atoms with E-state index < -0.39 is 18.4 Å². The fraction of sp³-hybridized carbons (Fsp3) is 0.333. The van der Waals surface area contributed by atoms with E-state index in [1.807, 2.05) is 0 Å². The van der Waals surface area contributed by atoms with Gasteiger partial charge in [0.15, 0.2) is 6.61 Å². The van der Waals surface area contributed by atoms with E-state index in [9.17, 15) is 14.4 Å². The lowest BCUT2D eigenvalue weighted by Crippen LogP contribution is -2.24. The molecule has 0 spiro atoms. The number of benzene rings is 2. The summed E-state index contributed by atoms with van der Waals surface area (Å²) in [7, 11) is 2.96. The summed E-state index contributed by atoms with van der Waals surface area (Å²) < 4.78 is 17.3. The van der Waals surface area contributed by atoms with Gasteiger partial charge in [-0.3, -0.25) is 14.2 Å². The molecule has 2 aromatic carbocycles. The van der Waals surface area contributed by atoms with E-state index >= 15 is 0 Å². The van der Waals surface area contributed by atoms with Crippen LogP contribution in [0, 0.1) is 0 Å². The number of fused-ring (bicyclic) bond motifs is 2. The SMILES string of the molecule is COc1ccc(C(=O)COC(=O)c2ccc3c(=O)n4c(nc3c2)CCCCC4)c(OC)c1. The number of nitrogens with zero attached hydrogens (tertiary/aromatic N) is 2. The predicted molar refractivity (Wildman–Crippen MR) is 118 cm³/mol. The Labute approximate surface area is 184 Å². The first-order valence-corrected chi connectivity index (χ1v) is 10.5. The van der Waals surface area contributed by atoms with Gasteiger partial charge in [0.1, 0.15) is 17.3 Å². The molecule has 0 bridgehead atoms. The lowest BCUT2D eigenvalue weighted by atomic mass is 10.1. The second kappa shape index (κ2) is 9.21. The molecule has 1 aliphatic rings. The zero-order valence-corrected chi connectivity index (χ0v) is 18.1. The van der Waals surface area contributed by atoms with Crippen LogP contribution in [0.25, 0.3) is 10.9 Å². The molecule has 0 radical (unpaired) electrons. The Morgan fingerprint density at radius 3 is 2.66 bits per heavy atom. The number of Topliss-reactive ketones (excluding diaryl/α,β-unsaturated/α-hetero) is 1. The molecule has 8 nitrogen and oxygen atoms in total. The molecule has 8 heteroatoms. The van der Waals surface area contributed by atoms with Gasteiger partial charge in [-0.2, -0.15) is 0 Å². The number of esters is 1. The molecule has 0 fully saturated rings. The first-order valence-electron chi connectivity index (χ1n) is 10.5. The van der Waals surface area contributed by atoms with Gasteiger partial charge in [0.2, 0.25) is 5.78 Å². The van der Waals surface area contributed by atoms with Crippen LogP contribution in [-0.4, -0.2) is 42.1 Å². The Morgan fingerprint density at radius 2 is 1.88 bits per heavy atom. The number of methoxy groups -OCH3 is 2. The van der Waals surface area contributed by atoms with Crippen molar-refractivity contribution in [3.63, 3.8) is 0 Å². The standard InChI is InChI=1S/C24H24N2O6/c1-30-16-8-10-18(21(13-16)31-2)20(27)14-32-24(29)15-7-9-17-19(12-15)25-22-6-4-3-5-11-26(22)23(17)28/h7-10,12-13H,3-6,11,14H2,1-2H3. The van der Waals surface area contributed by atoms with Gasteiger partial charge in [0.25, 0.3) is 5.56 Å². The zero-order valence-electron chi connectivity index (χ0n) is 18.1. The number of ether oxygens (including phenoxy) is 3. The Kier molecular flexibility index (Phi) is 6.20. The lowest BCUT2D eigenvalue weighted by molar-refractivity contribution is 0.0474. The van der Waals surface area contributed by atoms with Crippen LogP contribution in [0.2, 0.25) is 0 Å². The first-order chi connectivity index (χ1) is 15.5. The van der Waals surface area contributed by atoms with Gasteiger partial charge in [-0.1, -0.05) is 6.42 Å². The lowest BCUT2D eigenvalue weighted by Gasteiger charge is -2.11. The van der Waals surface area contributed by atoms with Crippen LogP contribution >= 0.6 is 0 Å². The molecule has 1 aliphatic heterocycles. The van der Waals surface area contributed by atoms with E-state index in [1.165, 1.54) is 20.3 Å². The molecule has 4 rings (SSSR count). The number of carbonyl (C=O) groups excluding carboxylic acids is 2. The maximum absolute atomic E-state index is 12.8. The van der Waals surface area contributed by atoms with Gasteiger partial charge in [0.05, 0.1) is 36.2 Å². The monoisotopic (exact) mass is 436 g/mol. The molecular weight excluding hydrogens is 412 g/mol. The summed E-state index contributed by atoms with van der Waals surface area (Å²) >= 11 is 0. The van der Waals surface area contributed by atoms with Crippen LogP contribution < -0.4 is 15.0 Å². The first kappa shape index (κ1) is 21.5. The van der Waals surface area contributed by atoms with Crippen molar-refractivity contribution >= 4 is 22.7 Å². The molecule has 3 aromatic rings. The van der Waals surface area contributed by atoms with Crippen molar-refractivity contribution in [1.82, 2.24) is 9.55 Å². The second-order valence-corrected chi connectivity index (χ2v) is 7.59. The summed E-state index contributed by atoms with van der Waals surface area (Å²) in [5.74, 6) is 0.562. The summed E-state index contributed by atoms with van der Waals surface area (Å²) in [6.45, 7) is 0.220. The predicted octanol–water partition coefficient (Wildman–Crippen LogP) is 3.18. The molecule has 166 valence electrons. The van der Waals surface area contributed by atoms with Crippen LogP contribution in [0.5, 0.6) is 11.5 Å². The van der Waals surface area contributed by atoms with E-state index in [2.05, 4.69) is 4.98 Å². The van der Waals surface area contributed by atoms with Crippen LogP contribution in [0.3, 0.4) is 0 Å². The number of hydrogen-bond donors (Lipinski definition) is 0. The number of ketones is 1. The highest BCUT2D eigenvalue weighted by Crippen LogP contribution is 2.25. The average molecular weight is 436 g/mol. The molecule has 32 heavy (non-hydrogen) atoms. The average Bonchev–Trinajstić information content (AvgIpc) is 3.07. The summed E-state index contributed by atoms with van der Waals surface area (Å²) in [4.78, 5) is 42.6. The number of aryl methyl sites for hydroxylation is 1. The minimum absolute atomic E-state index is 0.0893. The van der Waals surface area contributed by atoms with E-state index in [0.29, 0.717) is 28.9 Å². The maximum Gasteiger partial charge on any atom is 0.338 e. The summed E-state index contributed by atoms with van der Waals surface area (Å²) in [6, 6.07) is 9.44. The Balaban J connectivity index is 1.53. The van der Waals surface area contributed by atoms with Gasteiger partial charge in [0, 0.05) is 19.0 Å². The topological polar surface area (TPSA) is 96.7 Å². The fourth-order valence-electron chi connectivity index (χ4n) is 3.87. The third-order valence-electron chi connectivity index (χ3n) is 5.60. The van der Waals surface area contributed by atoms with Crippen LogP contribution in [0.15, 0.2) is 41.2 Å². The van der Waals surface area contributed by atoms with Gasteiger partial charge < -0.3 is 14.2 Å². The molecule has 0 saturated heterocycles. The largest absolute Gasteiger partial charge is 0.497 e. The van der Waals surface area contributed by atoms with Crippen LogP contribution in [0.4, 0.5) is 0 Å². The van der Waals surface area contributed by atoms with Gasteiger partial charge in [-0.15, -0.1) is 0 Å². The molecule has 0 N–H and O–H groups in total. The molecule has 2 heterocycles. The van der Waals surface area contributed by atoms with Crippen molar-refractivity contribution in [2.24, 2.45) is 0 Å². The second-order valence-electron chi connectivity index (χ2n) is 7.59. The molecule has 0 unspecified atom stereocenters. The molecular formula is C24H24N2O6. The van der Waals surface area contributed by atoms with E-state index in [4.69, 9.17) is 14.2 Å². The van der Waals surface area contributed by atoms with Crippen molar-refractivity contribution in [2.75, 3.05) is 20.8 Å². The number of aromatic nitrogens is 2. The van der Waals surface area contributed by atoms with E-state index in [1.54, 1.807) is 34.9 Å². The normalized spacial score (nSPS) is 13.2. The minimum atomic E-state index is -0.662. The highest BCUT2D eigenvalue weighted by molar-refractivity contribution is 6.02. The molecule has 0 aliphatic carbocycles. The summed E-state index contributed by atoms with van der Waals surface area (Å²) in [5.41, 5.74) is 0.892. The van der Waals surface area contributed by atoms with Crippen LogP contribution in [-0.2, 0) is 17.7 Å². The fourth-order valence-corrected chi connectivity index (χ4v) is 3.87. The maximum atomic E-state index is 12.8. The van der Waals surface area contributed by atoms with Crippen molar-refractivity contribution < 1.29 is 23.8 Å². The van der Waals surface area contributed by atoms with Crippen molar-refractivity contribution in [3.05, 3.63) is 63.7 Å². The third kappa shape index (κ3) is 4.21. The molecule has 0 atom stereocenters. The molecule has 0 amide bonds. The van der Waals surface area contributed by atoms with Gasteiger partial charge in [-0.25, -0.2) is 9.78 Å². The number of carbonyl (C=O) groups is 2. The number of rotatable bonds is 6. The Morgan fingerprint density at radius 1 is 1.03 bits per heavy atom. The van der Waals surface area contributed by atoms with Crippen molar-refractivity contribution in [1.29, 1.82) is 0 Å². The quantitative estimate of drug-likeness (QED) is 0.432. The summed E-state index contributed by atoms with van der Waals surface area (Å²) in [6.07, 6.45) is 3.73. The highest BCUT2D eigenvalue weighted by Gasteiger charge is 2.18. The van der Waals surface area contributed by atoms with Gasteiger partial charge in [-0.05, 0) is 43.2 Å². The Hall–Kier alpha value is -3.68. The van der Waals surface area contributed by atoms with Crippen molar-refractivity contribution in [2.45, 2.75) is 32.2 Å². The highest BCUT2D eigenvalue weighted by atomic mass is 16.5.